The highest BCUT2D eigenvalue weighted by molar-refractivity contribution is 7.13. The summed E-state index contributed by atoms with van der Waals surface area (Å²) in [7, 11) is 1.63. The van der Waals surface area contributed by atoms with Crippen molar-refractivity contribution in [3.63, 3.8) is 0 Å². The van der Waals surface area contributed by atoms with Gasteiger partial charge in [0.25, 0.3) is 5.91 Å². The van der Waals surface area contributed by atoms with Gasteiger partial charge in [-0.15, -0.1) is 11.3 Å². The van der Waals surface area contributed by atoms with Crippen LogP contribution >= 0.6 is 11.3 Å². The van der Waals surface area contributed by atoms with Crippen LogP contribution in [0.25, 0.3) is 10.4 Å². The van der Waals surface area contributed by atoms with Crippen LogP contribution in [0.1, 0.15) is 15.9 Å². The Labute approximate surface area is 190 Å². The number of nitrogens with two attached hydrogens (primary N) is 1. The number of rotatable bonds is 6. The van der Waals surface area contributed by atoms with Gasteiger partial charge in [-0.05, 0) is 53.3 Å². The van der Waals surface area contributed by atoms with Crippen molar-refractivity contribution in [2.24, 2.45) is 0 Å². The molecule has 1 saturated heterocycles. The highest BCUT2D eigenvalue weighted by atomic mass is 32.1. The zero-order valence-corrected chi connectivity index (χ0v) is 18.5. The molecule has 0 bridgehead atoms. The summed E-state index contributed by atoms with van der Waals surface area (Å²) in [5.41, 5.74) is 9.63. The second-order valence-electron chi connectivity index (χ2n) is 7.75. The lowest BCUT2D eigenvalue weighted by atomic mass is 10.1. The molecule has 2 aromatic carbocycles. The first-order valence-corrected chi connectivity index (χ1v) is 11.1. The minimum absolute atomic E-state index is 0.0505. The Morgan fingerprint density at radius 1 is 1.06 bits per heavy atom. The van der Waals surface area contributed by atoms with Gasteiger partial charge in [-0.25, -0.2) is 0 Å². The molecule has 0 unspecified atom stereocenters. The maximum Gasteiger partial charge on any atom is 0.255 e. The van der Waals surface area contributed by atoms with Crippen LogP contribution in [0, 0.1) is 0 Å². The summed E-state index contributed by atoms with van der Waals surface area (Å²) >= 11 is 1.62. The molecular weight excluding hydrogens is 424 g/mol. The molecule has 1 aromatic heterocycles. The van der Waals surface area contributed by atoms with Crippen LogP contribution in [0.15, 0.2) is 60.0 Å². The normalized spacial score (nSPS) is 14.0. The van der Waals surface area contributed by atoms with Gasteiger partial charge in [-0.2, -0.15) is 0 Å². The standard InChI is InChI=1S/C24H24N4O3S/c1-27-14-23(30)28(15-22(27)29)11-10-16-4-6-17(7-5-16)24(31)26-20-13-18(8-9-19(20)25)21-3-2-12-32-21/h2-9,12-13H,10-11,14-15,25H2,1H3,(H,26,31). The van der Waals surface area contributed by atoms with Gasteiger partial charge >= 0.3 is 0 Å². The molecular formula is C24H24N4O3S. The van der Waals surface area contributed by atoms with Crippen molar-refractivity contribution >= 4 is 40.4 Å². The summed E-state index contributed by atoms with van der Waals surface area (Å²) in [6.07, 6.45) is 0.612. The summed E-state index contributed by atoms with van der Waals surface area (Å²) < 4.78 is 0. The number of nitrogens with one attached hydrogen (secondary N) is 1. The molecule has 32 heavy (non-hydrogen) atoms. The molecule has 164 valence electrons. The molecule has 4 rings (SSSR count). The van der Waals surface area contributed by atoms with E-state index >= 15 is 0 Å². The Bertz CT molecular complexity index is 1140. The van der Waals surface area contributed by atoms with Crippen LogP contribution in [0.2, 0.25) is 0 Å². The number of nitrogen functional groups attached to an aromatic ring is 1. The second-order valence-corrected chi connectivity index (χ2v) is 8.69. The van der Waals surface area contributed by atoms with Crippen LogP contribution < -0.4 is 11.1 Å². The van der Waals surface area contributed by atoms with Crippen molar-refractivity contribution in [2.45, 2.75) is 6.42 Å². The van der Waals surface area contributed by atoms with E-state index < -0.39 is 0 Å². The van der Waals surface area contributed by atoms with Gasteiger partial charge in [0, 0.05) is 24.0 Å². The molecule has 3 aromatic rings. The van der Waals surface area contributed by atoms with Gasteiger partial charge in [0.2, 0.25) is 11.8 Å². The maximum atomic E-state index is 12.7. The Hall–Kier alpha value is -3.65. The molecule has 1 fully saturated rings. The Kier molecular flexibility index (Phi) is 6.23. The lowest BCUT2D eigenvalue weighted by molar-refractivity contribution is -0.148. The van der Waals surface area contributed by atoms with Crippen molar-refractivity contribution in [3.05, 3.63) is 71.1 Å². The van der Waals surface area contributed by atoms with E-state index in [0.29, 0.717) is 29.9 Å². The number of thiophene rings is 1. The van der Waals surface area contributed by atoms with E-state index in [4.69, 9.17) is 5.73 Å². The quantitative estimate of drug-likeness (QED) is 0.567. The molecule has 3 amide bonds. The molecule has 8 heteroatoms. The van der Waals surface area contributed by atoms with Crippen molar-refractivity contribution in [1.29, 1.82) is 0 Å². The molecule has 0 radical (unpaired) electrons. The van der Waals surface area contributed by atoms with Crippen molar-refractivity contribution in [3.8, 4) is 10.4 Å². The van der Waals surface area contributed by atoms with E-state index in [1.165, 1.54) is 4.90 Å². The molecule has 7 nitrogen and oxygen atoms in total. The van der Waals surface area contributed by atoms with E-state index in [1.54, 1.807) is 41.5 Å². The molecule has 0 saturated carbocycles. The van der Waals surface area contributed by atoms with Gasteiger partial charge in [0.05, 0.1) is 24.5 Å². The minimum atomic E-state index is -0.244. The number of hydrogen-bond acceptors (Lipinski definition) is 5. The van der Waals surface area contributed by atoms with Gasteiger partial charge in [0.1, 0.15) is 0 Å². The van der Waals surface area contributed by atoms with Crippen LogP contribution in [0.4, 0.5) is 11.4 Å². The number of carbonyl (C=O) groups is 3. The van der Waals surface area contributed by atoms with Crippen molar-refractivity contribution < 1.29 is 14.4 Å². The Balaban J connectivity index is 1.38. The third-order valence-corrected chi connectivity index (χ3v) is 6.39. The Morgan fingerprint density at radius 3 is 2.56 bits per heavy atom. The number of piperazine rings is 1. The van der Waals surface area contributed by atoms with Gasteiger partial charge < -0.3 is 20.9 Å². The van der Waals surface area contributed by atoms with E-state index in [-0.39, 0.29) is 30.8 Å². The largest absolute Gasteiger partial charge is 0.397 e. The van der Waals surface area contributed by atoms with Crippen LogP contribution in [0.5, 0.6) is 0 Å². The number of amides is 3. The predicted octanol–water partition coefficient (Wildman–Crippen LogP) is 3.09. The van der Waals surface area contributed by atoms with Gasteiger partial charge in [0.15, 0.2) is 0 Å². The van der Waals surface area contributed by atoms with Crippen molar-refractivity contribution in [1.82, 2.24) is 9.80 Å². The number of carbonyl (C=O) groups excluding carboxylic acids is 3. The number of nitrogens with zero attached hydrogens (tertiary/aromatic N) is 2. The van der Waals surface area contributed by atoms with Gasteiger partial charge in [-0.1, -0.05) is 24.3 Å². The number of likely N-dealkylation sites (N-methyl/N-ethyl adjacent to an activating group) is 1. The lowest BCUT2D eigenvalue weighted by Crippen LogP contribution is -2.52. The Morgan fingerprint density at radius 2 is 1.84 bits per heavy atom. The van der Waals surface area contributed by atoms with Crippen molar-refractivity contribution in [2.75, 3.05) is 37.7 Å². The van der Waals surface area contributed by atoms with E-state index in [9.17, 15) is 14.4 Å². The SMILES string of the molecule is CN1CC(=O)N(CCc2ccc(C(=O)Nc3cc(-c4cccs4)ccc3N)cc2)CC1=O. The zero-order valence-electron chi connectivity index (χ0n) is 17.7. The first-order chi connectivity index (χ1) is 15.4. The highest BCUT2D eigenvalue weighted by Crippen LogP contribution is 2.30. The summed E-state index contributed by atoms with van der Waals surface area (Å²) in [6.45, 7) is 0.701. The third kappa shape index (κ3) is 4.81. The fourth-order valence-corrected chi connectivity index (χ4v) is 4.23. The summed E-state index contributed by atoms with van der Waals surface area (Å²) in [5, 5.41) is 4.90. The summed E-state index contributed by atoms with van der Waals surface area (Å²) in [5.74, 6) is -0.351. The minimum Gasteiger partial charge on any atom is -0.397 e. The topological polar surface area (TPSA) is 95.7 Å². The molecule has 0 aliphatic carbocycles. The van der Waals surface area contributed by atoms with Crippen LogP contribution in [-0.2, 0) is 16.0 Å². The molecule has 1 aliphatic rings. The number of anilines is 2. The molecule has 3 N–H and O–H groups in total. The van der Waals surface area contributed by atoms with Crippen LogP contribution in [-0.4, -0.2) is 54.2 Å². The lowest BCUT2D eigenvalue weighted by Gasteiger charge is -2.31. The monoisotopic (exact) mass is 448 g/mol. The zero-order chi connectivity index (χ0) is 22.7. The maximum absolute atomic E-state index is 12.7. The van der Waals surface area contributed by atoms with E-state index in [0.717, 1.165) is 16.0 Å². The first-order valence-electron chi connectivity index (χ1n) is 10.3. The second kappa shape index (κ2) is 9.23. The fraction of sp³-hybridized carbons (Fsp3) is 0.208. The van der Waals surface area contributed by atoms with Gasteiger partial charge in [-0.3, -0.25) is 14.4 Å². The van der Waals surface area contributed by atoms with Crippen LogP contribution in [0.3, 0.4) is 0 Å². The fourth-order valence-electron chi connectivity index (χ4n) is 3.51. The molecule has 0 atom stereocenters. The smallest absolute Gasteiger partial charge is 0.255 e. The molecule has 0 spiro atoms. The van der Waals surface area contributed by atoms with E-state index in [2.05, 4.69) is 5.32 Å². The average molecular weight is 449 g/mol. The number of hydrogen-bond donors (Lipinski definition) is 2. The summed E-state index contributed by atoms with van der Waals surface area (Å²) in [6, 6.07) is 16.8. The third-order valence-electron chi connectivity index (χ3n) is 5.47. The predicted molar refractivity (Wildman–Crippen MR) is 126 cm³/mol. The molecule has 2 heterocycles. The first kappa shape index (κ1) is 21.6. The molecule has 1 aliphatic heterocycles. The highest BCUT2D eigenvalue weighted by Gasteiger charge is 2.26. The number of benzene rings is 2. The summed E-state index contributed by atoms with van der Waals surface area (Å²) in [4.78, 5) is 40.8. The van der Waals surface area contributed by atoms with E-state index in [1.807, 2.05) is 41.8 Å². The average Bonchev–Trinajstić information content (AvgIpc) is 3.32.